The largest absolute Gasteiger partial charge is 0.459 e. The van der Waals surface area contributed by atoms with E-state index in [1.54, 1.807) is 6.26 Å². The lowest BCUT2D eigenvalue weighted by Gasteiger charge is -2.23. The van der Waals surface area contributed by atoms with E-state index in [1.165, 1.54) is 4.57 Å². The number of aliphatic hydroxyl groups is 1. The van der Waals surface area contributed by atoms with E-state index < -0.39 is 40.8 Å². The number of nitrogens with one attached hydrogen (secondary N) is 1. The molecule has 9 nitrogen and oxygen atoms in total. The number of imidazole rings is 1. The minimum Gasteiger partial charge on any atom is -0.459 e. The average Bonchev–Trinajstić information content (AvgIpc) is 3.33. The number of aliphatic hydroxyl groups excluding tert-OH is 1. The lowest BCUT2D eigenvalue weighted by molar-refractivity contribution is -0.150. The quantitative estimate of drug-likeness (QED) is 0.584. The number of hydrogen-bond acceptors (Lipinski definition) is 8. The Kier molecular flexibility index (Phi) is 5.54. The van der Waals surface area contributed by atoms with Gasteiger partial charge >= 0.3 is 12.1 Å². The van der Waals surface area contributed by atoms with Crippen molar-refractivity contribution in [2.45, 2.75) is 96.5 Å². The van der Waals surface area contributed by atoms with Gasteiger partial charge in [-0.25, -0.2) is 14.3 Å². The second-order valence-corrected chi connectivity index (χ2v) is 12.3. The highest BCUT2D eigenvalue weighted by Crippen LogP contribution is 2.45. The molecule has 2 unspecified atom stereocenters. The average molecular weight is 498 g/mol. The zero-order chi connectivity index (χ0) is 26.2. The van der Waals surface area contributed by atoms with Gasteiger partial charge in [-0.05, 0) is 79.0 Å². The SMILES string of the molecule is CC(C)(C)OC(=O)n1c(C2CC2)nc2c(C(O)C3CC(C)(C)OC3=O)cc(C3=CONC3(C)C)cc21. The third kappa shape index (κ3) is 4.39. The van der Waals surface area contributed by atoms with Gasteiger partial charge in [0.2, 0.25) is 0 Å². The Balaban J connectivity index is 1.72. The van der Waals surface area contributed by atoms with E-state index in [0.29, 0.717) is 28.8 Å². The van der Waals surface area contributed by atoms with Crippen LogP contribution in [0.25, 0.3) is 16.6 Å². The van der Waals surface area contributed by atoms with Crippen LogP contribution in [0, 0.1) is 5.92 Å². The molecular formula is C27H35N3O6. The highest BCUT2D eigenvalue weighted by molar-refractivity contribution is 5.93. The standard InChI is InChI=1S/C27H35N3O6/c1-25(2,3)36-24(33)30-19-11-15(18-13-34-29-27(18,6)7)10-16(20(19)28-22(30)14-8-9-14)21(31)17-12-26(4,5)35-23(17)32/h10-11,13-14,17,21,29,31H,8-9,12H2,1-7H3. The van der Waals surface area contributed by atoms with Crippen molar-refractivity contribution in [3.8, 4) is 0 Å². The van der Waals surface area contributed by atoms with Gasteiger partial charge in [-0.1, -0.05) is 0 Å². The molecule has 0 radical (unpaired) electrons. The van der Waals surface area contributed by atoms with Crippen LogP contribution in [0.4, 0.5) is 4.79 Å². The van der Waals surface area contributed by atoms with Crippen molar-refractivity contribution in [3.05, 3.63) is 35.3 Å². The summed E-state index contributed by atoms with van der Waals surface area (Å²) in [7, 11) is 0. The molecule has 3 aliphatic rings. The number of benzene rings is 1. The Morgan fingerprint density at radius 1 is 1.25 bits per heavy atom. The van der Waals surface area contributed by atoms with E-state index in [9.17, 15) is 14.7 Å². The summed E-state index contributed by atoms with van der Waals surface area (Å²) in [5, 5.41) is 11.6. The first-order valence-corrected chi connectivity index (χ1v) is 12.5. The predicted molar refractivity (Wildman–Crippen MR) is 133 cm³/mol. The topological polar surface area (TPSA) is 112 Å². The van der Waals surface area contributed by atoms with Gasteiger partial charge in [0.25, 0.3) is 0 Å². The van der Waals surface area contributed by atoms with E-state index in [4.69, 9.17) is 19.3 Å². The molecule has 5 rings (SSSR count). The molecule has 1 aliphatic carbocycles. The van der Waals surface area contributed by atoms with E-state index in [0.717, 1.165) is 24.0 Å². The van der Waals surface area contributed by atoms with Crippen LogP contribution in [0.3, 0.4) is 0 Å². The van der Waals surface area contributed by atoms with Crippen LogP contribution >= 0.6 is 0 Å². The lowest BCUT2D eigenvalue weighted by atomic mass is 9.85. The molecule has 1 saturated carbocycles. The van der Waals surface area contributed by atoms with Crippen molar-refractivity contribution in [1.82, 2.24) is 15.0 Å². The van der Waals surface area contributed by atoms with Crippen molar-refractivity contribution in [2.75, 3.05) is 0 Å². The number of rotatable bonds is 4. The molecule has 2 atom stereocenters. The van der Waals surface area contributed by atoms with Gasteiger partial charge < -0.3 is 19.4 Å². The van der Waals surface area contributed by atoms with Gasteiger partial charge in [-0.2, -0.15) is 0 Å². The van der Waals surface area contributed by atoms with E-state index in [-0.39, 0.29) is 5.92 Å². The third-order valence-corrected chi connectivity index (χ3v) is 6.90. The number of nitrogens with zero attached hydrogens (tertiary/aromatic N) is 2. The van der Waals surface area contributed by atoms with E-state index in [2.05, 4.69) is 5.48 Å². The first-order valence-electron chi connectivity index (χ1n) is 12.5. The van der Waals surface area contributed by atoms with Crippen LogP contribution in [-0.4, -0.2) is 43.5 Å². The zero-order valence-corrected chi connectivity index (χ0v) is 22.0. The number of hydrogen-bond donors (Lipinski definition) is 2. The maximum Gasteiger partial charge on any atom is 0.420 e. The normalized spacial score (nSPS) is 23.8. The first-order chi connectivity index (χ1) is 16.7. The molecule has 2 aliphatic heterocycles. The van der Waals surface area contributed by atoms with Crippen LogP contribution in [0.5, 0.6) is 0 Å². The second kappa shape index (κ2) is 8.05. The van der Waals surface area contributed by atoms with E-state index in [1.807, 2.05) is 60.6 Å². The molecule has 1 saturated heterocycles. The fraction of sp³-hybridized carbons (Fsp3) is 0.593. The summed E-state index contributed by atoms with van der Waals surface area (Å²) in [4.78, 5) is 36.4. The number of fused-ring (bicyclic) bond motifs is 1. The number of ether oxygens (including phenoxy) is 2. The van der Waals surface area contributed by atoms with Crippen LogP contribution in [0.1, 0.15) is 96.7 Å². The Hall–Kier alpha value is -2.91. The van der Waals surface area contributed by atoms with Crippen molar-refractivity contribution < 1.29 is 29.0 Å². The number of carbonyl (C=O) groups is 2. The monoisotopic (exact) mass is 497 g/mol. The fourth-order valence-electron chi connectivity index (χ4n) is 5.04. The Labute approximate surface area is 210 Å². The number of esters is 1. The molecule has 2 fully saturated rings. The zero-order valence-electron chi connectivity index (χ0n) is 22.0. The molecule has 2 aromatic rings. The first kappa shape index (κ1) is 24.8. The summed E-state index contributed by atoms with van der Waals surface area (Å²) in [5.41, 5.74) is 4.20. The van der Waals surface area contributed by atoms with Gasteiger partial charge in [0, 0.05) is 23.5 Å². The number of carbonyl (C=O) groups excluding carboxylic acids is 2. The summed E-state index contributed by atoms with van der Waals surface area (Å²) < 4.78 is 12.8. The van der Waals surface area contributed by atoms with Crippen molar-refractivity contribution in [2.24, 2.45) is 5.92 Å². The molecule has 9 heteroatoms. The van der Waals surface area contributed by atoms with Gasteiger partial charge in [0.05, 0.1) is 28.6 Å². The lowest BCUT2D eigenvalue weighted by Crippen LogP contribution is -2.34. The van der Waals surface area contributed by atoms with Crippen LogP contribution in [0.15, 0.2) is 18.4 Å². The van der Waals surface area contributed by atoms with Gasteiger partial charge in [0.15, 0.2) is 0 Å². The molecule has 1 aromatic carbocycles. The molecule has 36 heavy (non-hydrogen) atoms. The smallest absolute Gasteiger partial charge is 0.420 e. The number of hydroxylamine groups is 1. The highest BCUT2D eigenvalue weighted by Gasteiger charge is 2.45. The third-order valence-electron chi connectivity index (χ3n) is 6.90. The Morgan fingerprint density at radius 2 is 1.94 bits per heavy atom. The minimum absolute atomic E-state index is 0.140. The molecular weight excluding hydrogens is 462 g/mol. The fourth-order valence-corrected chi connectivity index (χ4v) is 5.04. The highest BCUT2D eigenvalue weighted by atomic mass is 16.6. The van der Waals surface area contributed by atoms with Crippen molar-refractivity contribution in [3.63, 3.8) is 0 Å². The van der Waals surface area contributed by atoms with Crippen molar-refractivity contribution >= 4 is 28.7 Å². The molecule has 2 N–H and O–H groups in total. The summed E-state index contributed by atoms with van der Waals surface area (Å²) in [6, 6.07) is 3.73. The maximum atomic E-state index is 13.4. The minimum atomic E-state index is -1.16. The molecule has 1 aromatic heterocycles. The summed E-state index contributed by atoms with van der Waals surface area (Å²) in [6.45, 7) is 13.1. The van der Waals surface area contributed by atoms with Gasteiger partial charge in [-0.3, -0.25) is 4.79 Å². The summed E-state index contributed by atoms with van der Waals surface area (Å²) >= 11 is 0. The predicted octanol–water partition coefficient (Wildman–Crippen LogP) is 4.73. The summed E-state index contributed by atoms with van der Waals surface area (Å²) in [5.74, 6) is -0.422. The van der Waals surface area contributed by atoms with Crippen LogP contribution in [-0.2, 0) is 19.1 Å². The second-order valence-electron chi connectivity index (χ2n) is 12.3. The molecule has 0 amide bonds. The number of cyclic esters (lactones) is 1. The van der Waals surface area contributed by atoms with E-state index >= 15 is 0 Å². The molecule has 0 bridgehead atoms. The van der Waals surface area contributed by atoms with Crippen LogP contribution in [0.2, 0.25) is 0 Å². The Bertz CT molecular complexity index is 1280. The summed E-state index contributed by atoms with van der Waals surface area (Å²) in [6.07, 6.45) is 2.18. The Morgan fingerprint density at radius 3 is 2.47 bits per heavy atom. The maximum absolute atomic E-state index is 13.4. The van der Waals surface area contributed by atoms with Crippen LogP contribution < -0.4 is 5.48 Å². The molecule has 3 heterocycles. The van der Waals surface area contributed by atoms with Crippen molar-refractivity contribution in [1.29, 1.82) is 0 Å². The molecule has 0 spiro atoms. The molecule has 194 valence electrons. The van der Waals surface area contributed by atoms with Gasteiger partial charge in [0.1, 0.15) is 23.3 Å². The number of aromatic nitrogens is 2. The van der Waals surface area contributed by atoms with Gasteiger partial charge in [-0.15, -0.1) is 5.48 Å².